The summed E-state index contributed by atoms with van der Waals surface area (Å²) in [4.78, 5) is 26.9. The fraction of sp³-hybridized carbons (Fsp3) is 0.462. The van der Waals surface area contributed by atoms with Crippen LogP contribution >= 0.6 is 0 Å². The van der Waals surface area contributed by atoms with Gasteiger partial charge in [-0.05, 0) is 50.2 Å². The Balaban J connectivity index is 1.84. The molecule has 0 aliphatic carbocycles. The van der Waals surface area contributed by atoms with Crippen LogP contribution in [0.2, 0.25) is 0 Å². The average Bonchev–Trinajstić information content (AvgIpc) is 2.77. The molecule has 1 unspecified atom stereocenters. The second-order valence-electron chi connectivity index (χ2n) is 7.94. The van der Waals surface area contributed by atoms with Crippen LogP contribution in [0.25, 0.3) is 0 Å². The number of carbonyl (C=O) groups excluding carboxylic acids is 2. The van der Waals surface area contributed by atoms with Gasteiger partial charge in [-0.2, -0.15) is 0 Å². The number of nitrogens with one attached hydrogen (secondary N) is 1. The molecule has 30 heavy (non-hydrogen) atoms. The molecule has 0 bridgehead atoms. The van der Waals surface area contributed by atoms with E-state index < -0.39 is 0 Å². The van der Waals surface area contributed by atoms with Crippen molar-refractivity contribution in [2.75, 3.05) is 13.1 Å². The van der Waals surface area contributed by atoms with Gasteiger partial charge in [0, 0.05) is 32.0 Å². The van der Waals surface area contributed by atoms with Gasteiger partial charge in [-0.1, -0.05) is 67.6 Å². The topological polar surface area (TPSA) is 49.4 Å². The molecule has 0 saturated carbocycles. The van der Waals surface area contributed by atoms with Crippen LogP contribution < -0.4 is 5.32 Å². The quantitative estimate of drug-likeness (QED) is 0.519. The van der Waals surface area contributed by atoms with Crippen LogP contribution in [0, 0.1) is 0 Å². The molecule has 2 rings (SSSR count). The maximum Gasteiger partial charge on any atom is 0.222 e. The highest BCUT2D eigenvalue weighted by Gasteiger charge is 2.14. The van der Waals surface area contributed by atoms with E-state index in [1.54, 1.807) is 0 Å². The molecular formula is C26H36N2O2. The summed E-state index contributed by atoms with van der Waals surface area (Å²) in [6.07, 6.45) is 5.24. The van der Waals surface area contributed by atoms with Crippen molar-refractivity contribution in [2.45, 2.75) is 64.8 Å². The van der Waals surface area contributed by atoms with E-state index in [4.69, 9.17) is 0 Å². The van der Waals surface area contributed by atoms with Crippen molar-refractivity contribution >= 4 is 11.8 Å². The van der Waals surface area contributed by atoms with E-state index in [0.29, 0.717) is 25.8 Å². The Kier molecular flexibility index (Phi) is 10.7. The highest BCUT2D eigenvalue weighted by Crippen LogP contribution is 2.09. The molecule has 4 heteroatoms. The Morgan fingerprint density at radius 3 is 2.00 bits per heavy atom. The average molecular weight is 409 g/mol. The lowest BCUT2D eigenvalue weighted by Gasteiger charge is -2.23. The SMILES string of the molecule is CCC(C)NC(=O)CCCN(CCCc1ccccc1)C(=O)CCc1ccccc1. The van der Waals surface area contributed by atoms with E-state index in [1.807, 2.05) is 48.2 Å². The van der Waals surface area contributed by atoms with E-state index in [9.17, 15) is 9.59 Å². The third kappa shape index (κ3) is 9.25. The van der Waals surface area contributed by atoms with Crippen molar-refractivity contribution in [2.24, 2.45) is 0 Å². The van der Waals surface area contributed by atoms with E-state index >= 15 is 0 Å². The maximum absolute atomic E-state index is 12.9. The fourth-order valence-electron chi connectivity index (χ4n) is 3.41. The van der Waals surface area contributed by atoms with Crippen molar-refractivity contribution in [3.05, 3.63) is 71.8 Å². The molecule has 2 aromatic rings. The van der Waals surface area contributed by atoms with Crippen molar-refractivity contribution in [1.29, 1.82) is 0 Å². The maximum atomic E-state index is 12.9. The molecule has 162 valence electrons. The number of rotatable bonds is 13. The lowest BCUT2D eigenvalue weighted by molar-refractivity contribution is -0.132. The first-order valence-corrected chi connectivity index (χ1v) is 11.2. The summed E-state index contributed by atoms with van der Waals surface area (Å²) < 4.78 is 0. The van der Waals surface area contributed by atoms with Gasteiger partial charge in [-0.15, -0.1) is 0 Å². The van der Waals surface area contributed by atoms with Gasteiger partial charge in [-0.25, -0.2) is 0 Å². The van der Waals surface area contributed by atoms with Gasteiger partial charge in [0.15, 0.2) is 0 Å². The zero-order chi connectivity index (χ0) is 21.6. The highest BCUT2D eigenvalue weighted by molar-refractivity contribution is 5.77. The molecular weight excluding hydrogens is 372 g/mol. The number of hydrogen-bond acceptors (Lipinski definition) is 2. The lowest BCUT2D eigenvalue weighted by atomic mass is 10.1. The van der Waals surface area contributed by atoms with Crippen LogP contribution in [-0.4, -0.2) is 35.8 Å². The third-order valence-corrected chi connectivity index (χ3v) is 5.41. The van der Waals surface area contributed by atoms with Gasteiger partial charge in [-0.3, -0.25) is 9.59 Å². The Bertz CT molecular complexity index is 746. The molecule has 0 saturated heterocycles. The van der Waals surface area contributed by atoms with Crippen molar-refractivity contribution in [1.82, 2.24) is 10.2 Å². The zero-order valence-corrected chi connectivity index (χ0v) is 18.5. The van der Waals surface area contributed by atoms with Crippen LogP contribution in [0.5, 0.6) is 0 Å². The summed E-state index contributed by atoms with van der Waals surface area (Å²) >= 11 is 0. The van der Waals surface area contributed by atoms with Gasteiger partial charge >= 0.3 is 0 Å². The summed E-state index contributed by atoms with van der Waals surface area (Å²) in [6.45, 7) is 5.44. The molecule has 0 fully saturated rings. The molecule has 0 aliphatic heterocycles. The Morgan fingerprint density at radius 1 is 0.833 bits per heavy atom. The summed E-state index contributed by atoms with van der Waals surface area (Å²) in [7, 11) is 0. The molecule has 2 aromatic carbocycles. The van der Waals surface area contributed by atoms with Crippen LogP contribution in [0.15, 0.2) is 60.7 Å². The molecule has 1 atom stereocenters. The first-order chi connectivity index (χ1) is 14.6. The van der Waals surface area contributed by atoms with E-state index in [2.05, 4.69) is 36.5 Å². The normalized spacial score (nSPS) is 11.7. The van der Waals surface area contributed by atoms with Crippen LogP contribution in [0.1, 0.15) is 57.1 Å². The van der Waals surface area contributed by atoms with E-state index in [-0.39, 0.29) is 17.9 Å². The zero-order valence-electron chi connectivity index (χ0n) is 18.5. The molecule has 2 amide bonds. The van der Waals surface area contributed by atoms with E-state index in [1.165, 1.54) is 11.1 Å². The second kappa shape index (κ2) is 13.6. The fourth-order valence-corrected chi connectivity index (χ4v) is 3.41. The number of nitrogens with zero attached hydrogens (tertiary/aromatic N) is 1. The van der Waals surface area contributed by atoms with Crippen LogP contribution in [-0.2, 0) is 22.4 Å². The third-order valence-electron chi connectivity index (χ3n) is 5.41. The largest absolute Gasteiger partial charge is 0.354 e. The Morgan fingerprint density at radius 2 is 1.40 bits per heavy atom. The number of benzene rings is 2. The van der Waals surface area contributed by atoms with E-state index in [0.717, 1.165) is 32.2 Å². The number of hydrogen-bond donors (Lipinski definition) is 1. The van der Waals surface area contributed by atoms with Crippen molar-refractivity contribution < 1.29 is 9.59 Å². The predicted molar refractivity (Wildman–Crippen MR) is 123 cm³/mol. The Hall–Kier alpha value is -2.62. The summed E-state index contributed by atoms with van der Waals surface area (Å²) in [5, 5.41) is 3.00. The number of aryl methyl sites for hydroxylation is 2. The first kappa shape index (κ1) is 23.7. The monoisotopic (exact) mass is 408 g/mol. The standard InChI is InChI=1S/C26H36N2O2/c1-3-22(2)27-25(29)17-11-21-28(20-10-16-23-12-6-4-7-13-23)26(30)19-18-24-14-8-5-9-15-24/h4-9,12-15,22H,3,10-11,16-21H2,1-2H3,(H,27,29). The smallest absolute Gasteiger partial charge is 0.222 e. The molecule has 0 heterocycles. The lowest BCUT2D eigenvalue weighted by Crippen LogP contribution is -2.35. The minimum Gasteiger partial charge on any atom is -0.354 e. The summed E-state index contributed by atoms with van der Waals surface area (Å²) in [5.74, 6) is 0.250. The van der Waals surface area contributed by atoms with Crippen LogP contribution in [0.3, 0.4) is 0 Å². The second-order valence-corrected chi connectivity index (χ2v) is 7.94. The molecule has 0 aromatic heterocycles. The summed E-state index contributed by atoms with van der Waals surface area (Å²) in [6, 6.07) is 20.7. The van der Waals surface area contributed by atoms with Gasteiger partial charge in [0.25, 0.3) is 0 Å². The molecule has 0 radical (unpaired) electrons. The highest BCUT2D eigenvalue weighted by atomic mass is 16.2. The summed E-state index contributed by atoms with van der Waals surface area (Å²) in [5.41, 5.74) is 2.48. The molecule has 0 aliphatic rings. The molecule has 4 nitrogen and oxygen atoms in total. The van der Waals surface area contributed by atoms with Gasteiger partial charge in [0.05, 0.1) is 0 Å². The molecule has 1 N–H and O–H groups in total. The number of amides is 2. The van der Waals surface area contributed by atoms with Crippen LogP contribution in [0.4, 0.5) is 0 Å². The minimum absolute atomic E-state index is 0.0744. The molecule has 0 spiro atoms. The Labute approximate surface area is 181 Å². The minimum atomic E-state index is 0.0744. The number of carbonyl (C=O) groups is 2. The van der Waals surface area contributed by atoms with Gasteiger partial charge in [0.1, 0.15) is 0 Å². The van der Waals surface area contributed by atoms with Gasteiger partial charge in [0.2, 0.25) is 11.8 Å². The predicted octanol–water partition coefficient (Wildman–Crippen LogP) is 4.78. The van der Waals surface area contributed by atoms with Crippen molar-refractivity contribution in [3.8, 4) is 0 Å². The van der Waals surface area contributed by atoms with Crippen molar-refractivity contribution in [3.63, 3.8) is 0 Å². The van der Waals surface area contributed by atoms with Gasteiger partial charge < -0.3 is 10.2 Å². The first-order valence-electron chi connectivity index (χ1n) is 11.2.